The van der Waals surface area contributed by atoms with Gasteiger partial charge < -0.3 is 9.90 Å². The lowest BCUT2D eigenvalue weighted by molar-refractivity contribution is -0.115. The fourth-order valence-electron chi connectivity index (χ4n) is 3.15. The van der Waals surface area contributed by atoms with Crippen LogP contribution in [-0.2, 0) is 4.79 Å². The van der Waals surface area contributed by atoms with Crippen LogP contribution in [0.2, 0.25) is 0 Å². The Labute approximate surface area is 145 Å². The van der Waals surface area contributed by atoms with Crippen LogP contribution in [0.5, 0.6) is 0 Å². The second-order valence-corrected chi connectivity index (χ2v) is 7.15. The van der Waals surface area contributed by atoms with Crippen LogP contribution in [0.4, 0.5) is 0 Å². The molecule has 23 heavy (non-hydrogen) atoms. The number of unbranched alkanes of at least 4 members (excludes halogenated alkanes) is 16. The maximum atomic E-state index is 10.3. The molecule has 1 atom stereocenters. The number of hydrogen-bond acceptors (Lipinski definition) is 2. The van der Waals surface area contributed by atoms with Crippen molar-refractivity contribution in [3.05, 3.63) is 0 Å². The third-order valence-corrected chi connectivity index (χ3v) is 4.76. The Balaban J connectivity index is 2.99. The van der Waals surface area contributed by atoms with Gasteiger partial charge in [0.25, 0.3) is 0 Å². The quantitative estimate of drug-likeness (QED) is 0.215. The highest BCUT2D eigenvalue weighted by atomic mass is 16.3. The Morgan fingerprint density at radius 1 is 0.609 bits per heavy atom. The van der Waals surface area contributed by atoms with Crippen molar-refractivity contribution in [2.24, 2.45) is 0 Å². The van der Waals surface area contributed by atoms with Crippen LogP contribution in [0.3, 0.4) is 0 Å². The van der Waals surface area contributed by atoms with Crippen molar-refractivity contribution in [3.63, 3.8) is 0 Å². The first-order valence-corrected chi connectivity index (χ1v) is 10.4. The summed E-state index contributed by atoms with van der Waals surface area (Å²) in [6.07, 6.45) is 23.7. The molecule has 0 amide bonds. The van der Waals surface area contributed by atoms with E-state index in [-0.39, 0.29) is 0 Å². The van der Waals surface area contributed by atoms with E-state index in [0.717, 1.165) is 12.8 Å². The summed E-state index contributed by atoms with van der Waals surface area (Å²) in [4.78, 5) is 10.3. The van der Waals surface area contributed by atoms with Crippen molar-refractivity contribution < 1.29 is 9.90 Å². The molecule has 0 heterocycles. The Kier molecular flexibility index (Phi) is 19.4. The lowest BCUT2D eigenvalue weighted by Crippen LogP contribution is -2.06. The van der Waals surface area contributed by atoms with Crippen molar-refractivity contribution in [3.8, 4) is 0 Å². The predicted octanol–water partition coefficient (Wildman–Crippen LogP) is 6.59. The summed E-state index contributed by atoms with van der Waals surface area (Å²) in [7, 11) is 0. The lowest BCUT2D eigenvalue weighted by atomic mass is 10.0. The van der Waals surface area contributed by atoms with Gasteiger partial charge in [0.2, 0.25) is 0 Å². The summed E-state index contributed by atoms with van der Waals surface area (Å²) < 4.78 is 0. The zero-order valence-electron chi connectivity index (χ0n) is 15.7. The van der Waals surface area contributed by atoms with Crippen LogP contribution in [0.15, 0.2) is 0 Å². The molecule has 0 fully saturated rings. The van der Waals surface area contributed by atoms with E-state index in [1.165, 1.54) is 96.3 Å². The second-order valence-electron chi connectivity index (χ2n) is 7.15. The van der Waals surface area contributed by atoms with Crippen molar-refractivity contribution in [2.45, 2.75) is 129 Å². The van der Waals surface area contributed by atoms with Crippen LogP contribution in [0.25, 0.3) is 0 Å². The van der Waals surface area contributed by atoms with Crippen molar-refractivity contribution in [1.82, 2.24) is 0 Å². The number of aliphatic hydroxyl groups is 1. The summed E-state index contributed by atoms with van der Waals surface area (Å²) in [6, 6.07) is 0. The van der Waals surface area contributed by atoms with Gasteiger partial charge in [0.05, 0.1) is 0 Å². The molecule has 0 aromatic rings. The fourth-order valence-corrected chi connectivity index (χ4v) is 3.15. The zero-order chi connectivity index (χ0) is 17.0. The topological polar surface area (TPSA) is 37.3 Å². The SMILES string of the molecule is CCCCCCCCCCCCCCCCCCCC(O)C=O. The van der Waals surface area contributed by atoms with Gasteiger partial charge in [-0.05, 0) is 6.42 Å². The molecule has 138 valence electrons. The molecule has 0 aromatic carbocycles. The van der Waals surface area contributed by atoms with Crippen LogP contribution in [0, 0.1) is 0 Å². The molecule has 0 aliphatic heterocycles. The van der Waals surface area contributed by atoms with Gasteiger partial charge in [-0.25, -0.2) is 0 Å². The molecule has 1 N–H and O–H groups in total. The molecule has 0 saturated carbocycles. The molecule has 0 saturated heterocycles. The first-order valence-electron chi connectivity index (χ1n) is 10.4. The monoisotopic (exact) mass is 326 g/mol. The number of hydrogen-bond donors (Lipinski definition) is 1. The highest BCUT2D eigenvalue weighted by molar-refractivity contribution is 5.55. The third kappa shape index (κ3) is 19.6. The molecule has 1 unspecified atom stereocenters. The van der Waals surface area contributed by atoms with Crippen LogP contribution in [0.1, 0.15) is 122 Å². The number of aldehydes is 1. The predicted molar refractivity (Wildman–Crippen MR) is 101 cm³/mol. The zero-order valence-corrected chi connectivity index (χ0v) is 15.7. The van der Waals surface area contributed by atoms with E-state index in [9.17, 15) is 4.79 Å². The van der Waals surface area contributed by atoms with Crippen molar-refractivity contribution in [1.29, 1.82) is 0 Å². The van der Waals surface area contributed by atoms with Gasteiger partial charge in [-0.1, -0.05) is 116 Å². The maximum Gasteiger partial charge on any atom is 0.148 e. The number of rotatable bonds is 19. The maximum absolute atomic E-state index is 10.3. The van der Waals surface area contributed by atoms with Crippen LogP contribution < -0.4 is 0 Å². The van der Waals surface area contributed by atoms with Crippen molar-refractivity contribution in [2.75, 3.05) is 0 Å². The summed E-state index contributed by atoms with van der Waals surface area (Å²) in [5.41, 5.74) is 0. The Morgan fingerprint density at radius 2 is 0.913 bits per heavy atom. The average Bonchev–Trinajstić information content (AvgIpc) is 2.57. The Hall–Kier alpha value is -0.370. The van der Waals surface area contributed by atoms with Gasteiger partial charge in [0.15, 0.2) is 0 Å². The number of carbonyl (C=O) groups is 1. The Bertz CT molecular complexity index is 228. The number of carbonyl (C=O) groups excluding carboxylic acids is 1. The highest BCUT2D eigenvalue weighted by Crippen LogP contribution is 2.14. The normalized spacial score (nSPS) is 12.4. The van der Waals surface area contributed by atoms with Crippen LogP contribution in [-0.4, -0.2) is 17.5 Å². The molecule has 0 spiro atoms. The van der Waals surface area contributed by atoms with Crippen LogP contribution >= 0.6 is 0 Å². The smallest absolute Gasteiger partial charge is 0.148 e. The largest absolute Gasteiger partial charge is 0.386 e. The summed E-state index contributed by atoms with van der Waals surface area (Å²) in [5.74, 6) is 0. The molecular weight excluding hydrogens is 284 g/mol. The van der Waals surface area contributed by atoms with E-state index in [4.69, 9.17) is 5.11 Å². The van der Waals surface area contributed by atoms with Gasteiger partial charge in [-0.15, -0.1) is 0 Å². The molecule has 2 nitrogen and oxygen atoms in total. The standard InChI is InChI=1S/C21H42O2/c1-2-3-4-5-6-7-8-9-10-11-12-13-14-15-16-17-18-19-21(23)20-22/h20-21,23H,2-19H2,1H3. The average molecular weight is 327 g/mol. The van der Waals surface area contributed by atoms with E-state index in [2.05, 4.69) is 6.92 Å². The minimum Gasteiger partial charge on any atom is -0.386 e. The van der Waals surface area contributed by atoms with Gasteiger partial charge in [0.1, 0.15) is 12.4 Å². The third-order valence-electron chi connectivity index (χ3n) is 4.76. The highest BCUT2D eigenvalue weighted by Gasteiger charge is 2.00. The molecular formula is C21H42O2. The lowest BCUT2D eigenvalue weighted by Gasteiger charge is -2.04. The summed E-state index contributed by atoms with van der Waals surface area (Å²) in [6.45, 7) is 2.28. The molecule has 0 aliphatic carbocycles. The molecule has 0 aliphatic rings. The first kappa shape index (κ1) is 22.6. The molecule has 0 bridgehead atoms. The minimum atomic E-state index is -0.730. The number of aliphatic hydroxyl groups excluding tert-OH is 1. The van der Waals surface area contributed by atoms with Gasteiger partial charge in [-0.2, -0.15) is 0 Å². The minimum absolute atomic E-state index is 0.641. The van der Waals surface area contributed by atoms with Crippen molar-refractivity contribution >= 4 is 6.29 Å². The fraction of sp³-hybridized carbons (Fsp3) is 0.952. The molecule has 0 radical (unpaired) electrons. The van der Waals surface area contributed by atoms with E-state index in [0.29, 0.717) is 12.7 Å². The van der Waals surface area contributed by atoms with E-state index < -0.39 is 6.10 Å². The molecule has 0 aromatic heterocycles. The van der Waals surface area contributed by atoms with E-state index in [1.807, 2.05) is 0 Å². The van der Waals surface area contributed by atoms with E-state index >= 15 is 0 Å². The first-order chi connectivity index (χ1) is 11.3. The molecule has 0 rings (SSSR count). The van der Waals surface area contributed by atoms with Gasteiger partial charge >= 0.3 is 0 Å². The Morgan fingerprint density at radius 3 is 1.22 bits per heavy atom. The molecule has 2 heteroatoms. The van der Waals surface area contributed by atoms with Gasteiger partial charge in [0, 0.05) is 0 Å². The summed E-state index contributed by atoms with van der Waals surface area (Å²) >= 11 is 0. The summed E-state index contributed by atoms with van der Waals surface area (Å²) in [5, 5.41) is 9.12. The van der Waals surface area contributed by atoms with Gasteiger partial charge in [-0.3, -0.25) is 0 Å². The second kappa shape index (κ2) is 19.7. The van der Waals surface area contributed by atoms with E-state index in [1.54, 1.807) is 0 Å².